The van der Waals surface area contributed by atoms with Crippen LogP contribution in [0.4, 0.5) is 4.79 Å². The number of piperazine rings is 1. The fourth-order valence-corrected chi connectivity index (χ4v) is 3.36. The van der Waals surface area contributed by atoms with Crippen molar-refractivity contribution in [1.29, 1.82) is 0 Å². The second kappa shape index (κ2) is 5.91. The number of amides is 3. The summed E-state index contributed by atoms with van der Waals surface area (Å²) in [6.07, 6.45) is 2.32. The summed E-state index contributed by atoms with van der Waals surface area (Å²) in [6, 6.07) is -0.884. The number of nitrogens with zero attached hydrogens (tertiary/aromatic N) is 2. The highest BCUT2D eigenvalue weighted by Crippen LogP contribution is 2.35. The number of urea groups is 1. The number of carboxylic acids is 1. The van der Waals surface area contributed by atoms with Gasteiger partial charge in [0.1, 0.15) is 11.6 Å². The van der Waals surface area contributed by atoms with E-state index in [1.165, 1.54) is 9.80 Å². The highest BCUT2D eigenvalue weighted by Gasteiger charge is 2.51. The summed E-state index contributed by atoms with van der Waals surface area (Å²) in [7, 11) is 0. The van der Waals surface area contributed by atoms with Gasteiger partial charge in [0.2, 0.25) is 5.91 Å². The van der Waals surface area contributed by atoms with Gasteiger partial charge in [0.25, 0.3) is 0 Å². The molecule has 7 heteroatoms. The van der Waals surface area contributed by atoms with Crippen LogP contribution < -0.4 is 5.32 Å². The maximum atomic E-state index is 12.8. The minimum absolute atomic E-state index is 0.190. The Morgan fingerprint density at radius 3 is 2.76 bits per heavy atom. The number of nitrogens with one attached hydrogen (secondary N) is 1. The van der Waals surface area contributed by atoms with E-state index in [0.717, 1.165) is 0 Å². The zero-order valence-corrected chi connectivity index (χ0v) is 12.6. The van der Waals surface area contributed by atoms with Crippen LogP contribution >= 0.6 is 0 Å². The molecule has 2 rings (SSSR count). The Labute approximate surface area is 124 Å². The lowest BCUT2D eigenvalue weighted by molar-refractivity contribution is -0.149. The number of likely N-dealkylation sites (tertiary alicyclic amines) is 1. The van der Waals surface area contributed by atoms with E-state index in [2.05, 4.69) is 5.32 Å². The molecule has 118 valence electrons. The lowest BCUT2D eigenvalue weighted by Gasteiger charge is -2.41. The average molecular weight is 297 g/mol. The molecular formula is C14H23N3O4. The van der Waals surface area contributed by atoms with Crippen LogP contribution in [-0.2, 0) is 9.59 Å². The molecule has 2 saturated heterocycles. The normalized spacial score (nSPS) is 29.4. The van der Waals surface area contributed by atoms with Gasteiger partial charge in [-0.25, -0.2) is 9.59 Å². The first kappa shape index (κ1) is 15.6. The van der Waals surface area contributed by atoms with Gasteiger partial charge in [0.05, 0.1) is 0 Å². The van der Waals surface area contributed by atoms with Crippen molar-refractivity contribution in [3.63, 3.8) is 0 Å². The van der Waals surface area contributed by atoms with Gasteiger partial charge in [-0.05, 0) is 26.2 Å². The van der Waals surface area contributed by atoms with E-state index in [-0.39, 0.29) is 11.9 Å². The Morgan fingerprint density at radius 2 is 2.14 bits per heavy atom. The van der Waals surface area contributed by atoms with Gasteiger partial charge < -0.3 is 20.2 Å². The first-order valence-electron chi connectivity index (χ1n) is 7.53. The molecule has 3 amide bonds. The van der Waals surface area contributed by atoms with Crippen molar-refractivity contribution in [2.75, 3.05) is 19.6 Å². The quantitative estimate of drug-likeness (QED) is 0.800. The first-order chi connectivity index (χ1) is 9.94. The molecule has 0 aromatic heterocycles. The molecule has 0 aromatic carbocycles. The number of hydrogen-bond acceptors (Lipinski definition) is 3. The van der Waals surface area contributed by atoms with Crippen molar-refractivity contribution in [3.05, 3.63) is 0 Å². The molecule has 0 aromatic rings. The third kappa shape index (κ3) is 2.56. The van der Waals surface area contributed by atoms with Gasteiger partial charge in [-0.2, -0.15) is 0 Å². The van der Waals surface area contributed by atoms with E-state index in [1.807, 2.05) is 6.92 Å². The predicted octanol–water partition coefficient (Wildman–Crippen LogP) is 0.646. The van der Waals surface area contributed by atoms with E-state index < -0.39 is 17.6 Å². The molecule has 2 unspecified atom stereocenters. The molecular weight excluding hydrogens is 274 g/mol. The van der Waals surface area contributed by atoms with Gasteiger partial charge in [0.15, 0.2) is 0 Å². The molecule has 0 bridgehead atoms. The monoisotopic (exact) mass is 297 g/mol. The molecule has 0 aliphatic carbocycles. The molecule has 7 nitrogen and oxygen atoms in total. The largest absolute Gasteiger partial charge is 0.479 e. The van der Waals surface area contributed by atoms with Crippen molar-refractivity contribution in [2.24, 2.45) is 0 Å². The highest BCUT2D eigenvalue weighted by atomic mass is 16.4. The summed E-state index contributed by atoms with van der Waals surface area (Å²) in [6.45, 7) is 4.87. The van der Waals surface area contributed by atoms with Crippen molar-refractivity contribution < 1.29 is 19.5 Å². The zero-order valence-electron chi connectivity index (χ0n) is 12.6. The third-order valence-electron chi connectivity index (χ3n) is 4.53. The molecule has 2 fully saturated rings. The van der Waals surface area contributed by atoms with Crippen LogP contribution in [0.2, 0.25) is 0 Å². The Morgan fingerprint density at radius 1 is 1.43 bits per heavy atom. The summed E-state index contributed by atoms with van der Waals surface area (Å²) in [5.41, 5.74) is -1.11. The van der Waals surface area contributed by atoms with E-state index in [1.54, 1.807) is 6.92 Å². The van der Waals surface area contributed by atoms with Crippen LogP contribution in [0, 0.1) is 0 Å². The minimum atomic E-state index is -1.11. The molecule has 0 saturated carbocycles. The number of aliphatic carboxylic acids is 1. The number of carboxylic acid groups (broad SMARTS) is 1. The summed E-state index contributed by atoms with van der Waals surface area (Å²) < 4.78 is 0. The van der Waals surface area contributed by atoms with Gasteiger partial charge in [-0.3, -0.25) is 4.79 Å². The van der Waals surface area contributed by atoms with Crippen LogP contribution in [0.5, 0.6) is 0 Å². The lowest BCUT2D eigenvalue weighted by Crippen LogP contribution is -2.63. The molecule has 2 atom stereocenters. The zero-order chi connectivity index (χ0) is 15.6. The van der Waals surface area contributed by atoms with Gasteiger partial charge in [0, 0.05) is 19.6 Å². The fourth-order valence-electron chi connectivity index (χ4n) is 3.36. The van der Waals surface area contributed by atoms with Crippen LogP contribution in [0.3, 0.4) is 0 Å². The Hall–Kier alpha value is -1.79. The number of hydrogen-bond donors (Lipinski definition) is 2. The van der Waals surface area contributed by atoms with E-state index >= 15 is 0 Å². The van der Waals surface area contributed by atoms with E-state index in [0.29, 0.717) is 45.3 Å². The van der Waals surface area contributed by atoms with Gasteiger partial charge >= 0.3 is 12.0 Å². The van der Waals surface area contributed by atoms with Crippen LogP contribution in [0.1, 0.15) is 39.5 Å². The molecule has 0 radical (unpaired) electrons. The smallest absolute Gasteiger partial charge is 0.329 e. The third-order valence-corrected chi connectivity index (χ3v) is 4.53. The Kier molecular flexibility index (Phi) is 4.39. The number of carbonyl (C=O) groups excluding carboxylic acids is 2. The average Bonchev–Trinajstić information content (AvgIpc) is 2.86. The number of carbonyl (C=O) groups is 3. The fraction of sp³-hybridized carbons (Fsp3) is 0.786. The molecule has 2 aliphatic rings. The van der Waals surface area contributed by atoms with Crippen LogP contribution in [-0.4, -0.2) is 64.0 Å². The number of rotatable bonds is 3. The van der Waals surface area contributed by atoms with Crippen molar-refractivity contribution in [1.82, 2.24) is 15.1 Å². The highest BCUT2D eigenvalue weighted by molar-refractivity contribution is 5.91. The van der Waals surface area contributed by atoms with Gasteiger partial charge in [-0.15, -0.1) is 0 Å². The predicted molar refractivity (Wildman–Crippen MR) is 75.8 cm³/mol. The molecule has 2 N–H and O–H groups in total. The lowest BCUT2D eigenvalue weighted by atomic mass is 9.91. The molecule has 21 heavy (non-hydrogen) atoms. The summed E-state index contributed by atoms with van der Waals surface area (Å²) in [4.78, 5) is 39.2. The van der Waals surface area contributed by atoms with Crippen molar-refractivity contribution in [3.8, 4) is 0 Å². The molecule has 0 spiro atoms. The Balaban J connectivity index is 2.24. The van der Waals surface area contributed by atoms with E-state index in [9.17, 15) is 19.5 Å². The topological polar surface area (TPSA) is 89.9 Å². The van der Waals surface area contributed by atoms with Gasteiger partial charge in [-0.1, -0.05) is 13.3 Å². The molecule has 2 aliphatic heterocycles. The first-order valence-corrected chi connectivity index (χ1v) is 7.53. The van der Waals surface area contributed by atoms with Crippen LogP contribution in [0.15, 0.2) is 0 Å². The molecule has 2 heterocycles. The van der Waals surface area contributed by atoms with Crippen molar-refractivity contribution in [2.45, 2.75) is 51.1 Å². The minimum Gasteiger partial charge on any atom is -0.479 e. The maximum absolute atomic E-state index is 12.8. The standard InChI is InChI=1S/C14H23N3O4/c1-3-5-14(12(19)20)6-4-8-17(14)13(21)16-9-7-15-11(18)10(16)2/h10H,3-9H2,1-2H3,(H,15,18)(H,19,20). The second-order valence-electron chi connectivity index (χ2n) is 5.78. The summed E-state index contributed by atoms with van der Waals surface area (Å²) >= 11 is 0. The summed E-state index contributed by atoms with van der Waals surface area (Å²) in [5.74, 6) is -1.13. The van der Waals surface area contributed by atoms with Crippen molar-refractivity contribution >= 4 is 17.9 Å². The van der Waals surface area contributed by atoms with Crippen LogP contribution in [0.25, 0.3) is 0 Å². The maximum Gasteiger partial charge on any atom is 0.329 e. The Bertz CT molecular complexity index is 454. The summed E-state index contributed by atoms with van der Waals surface area (Å²) in [5, 5.41) is 12.3. The van der Waals surface area contributed by atoms with E-state index in [4.69, 9.17) is 0 Å². The SMILES string of the molecule is CCCC1(C(=O)O)CCCN1C(=O)N1CCNC(=O)C1C. The second-order valence-corrected chi connectivity index (χ2v) is 5.78.